The van der Waals surface area contributed by atoms with E-state index in [4.69, 9.17) is 10.5 Å². The van der Waals surface area contributed by atoms with Gasteiger partial charge in [0, 0.05) is 4.90 Å². The van der Waals surface area contributed by atoms with Crippen LogP contribution in [0.4, 0.5) is 5.69 Å². The van der Waals surface area contributed by atoms with Crippen LogP contribution in [-0.4, -0.2) is 22.6 Å². The molecule has 0 spiro atoms. The van der Waals surface area contributed by atoms with Gasteiger partial charge in [-0.05, 0) is 32.2 Å². The van der Waals surface area contributed by atoms with Crippen LogP contribution in [-0.2, 0) is 0 Å². The largest absolute Gasteiger partial charge is 0.489 e. The summed E-state index contributed by atoms with van der Waals surface area (Å²) in [7, 11) is 0. The molecule has 2 N–H and O–H groups in total. The summed E-state index contributed by atoms with van der Waals surface area (Å²) in [4.78, 5) is 0.946. The molecule has 0 saturated carbocycles. The zero-order valence-corrected chi connectivity index (χ0v) is 13.4. The third kappa shape index (κ3) is 3.77. The summed E-state index contributed by atoms with van der Waals surface area (Å²) < 4.78 is 7.52. The van der Waals surface area contributed by atoms with Gasteiger partial charge in [-0.15, -0.1) is 10.2 Å². The van der Waals surface area contributed by atoms with Gasteiger partial charge in [0.15, 0.2) is 8.68 Å². The van der Waals surface area contributed by atoms with E-state index in [1.54, 1.807) is 23.1 Å². The number of aromatic nitrogens is 2. The van der Waals surface area contributed by atoms with Crippen LogP contribution < -0.4 is 10.5 Å². The molecule has 0 bridgehead atoms. The van der Waals surface area contributed by atoms with E-state index in [-0.39, 0.29) is 6.10 Å². The smallest absolute Gasteiger partial charge is 0.179 e. The average molecular weight is 313 g/mol. The number of nitrogens with two attached hydrogens (primary N) is 1. The van der Waals surface area contributed by atoms with Crippen molar-refractivity contribution in [2.45, 2.75) is 33.5 Å². The summed E-state index contributed by atoms with van der Waals surface area (Å²) >= 11 is 4.67. The second-order valence-electron chi connectivity index (χ2n) is 3.97. The van der Waals surface area contributed by atoms with Crippen molar-refractivity contribution in [1.29, 1.82) is 0 Å². The number of hydrogen-bond acceptors (Lipinski definition) is 7. The Kier molecular flexibility index (Phi) is 4.95. The molecular formula is C12H15N3OS3. The number of hydrogen-bond donors (Lipinski definition) is 1. The molecule has 0 atom stereocenters. The molecule has 2 rings (SSSR count). The van der Waals surface area contributed by atoms with E-state index in [0.29, 0.717) is 5.69 Å². The lowest BCUT2D eigenvalue weighted by Gasteiger charge is -2.13. The van der Waals surface area contributed by atoms with Crippen molar-refractivity contribution in [2.24, 2.45) is 0 Å². The molecule has 1 heterocycles. The van der Waals surface area contributed by atoms with Crippen molar-refractivity contribution < 1.29 is 4.74 Å². The highest BCUT2D eigenvalue weighted by atomic mass is 32.2. The predicted molar refractivity (Wildman–Crippen MR) is 82.4 cm³/mol. The molecule has 0 fully saturated rings. The molecule has 0 aliphatic carbocycles. The van der Waals surface area contributed by atoms with Gasteiger partial charge in [0.1, 0.15) is 5.75 Å². The summed E-state index contributed by atoms with van der Waals surface area (Å²) in [5.41, 5.74) is 6.78. The second kappa shape index (κ2) is 6.49. The molecule has 4 nitrogen and oxygen atoms in total. The molecule has 2 aromatic rings. The molecule has 1 aromatic heterocycles. The molecule has 19 heavy (non-hydrogen) atoms. The molecule has 0 amide bonds. The number of thioether (sulfide) groups is 1. The molecular weight excluding hydrogens is 298 g/mol. The Morgan fingerprint density at radius 1 is 1.26 bits per heavy atom. The van der Waals surface area contributed by atoms with Gasteiger partial charge in [-0.3, -0.25) is 0 Å². The number of nitrogen functional groups attached to an aromatic ring is 1. The van der Waals surface area contributed by atoms with E-state index < -0.39 is 0 Å². The highest BCUT2D eigenvalue weighted by Gasteiger charge is 2.11. The van der Waals surface area contributed by atoms with Crippen LogP contribution in [0.2, 0.25) is 0 Å². The van der Waals surface area contributed by atoms with E-state index >= 15 is 0 Å². The van der Waals surface area contributed by atoms with Crippen molar-refractivity contribution in [3.8, 4) is 5.75 Å². The van der Waals surface area contributed by atoms with Crippen molar-refractivity contribution >= 4 is 40.5 Å². The van der Waals surface area contributed by atoms with Crippen LogP contribution in [0.15, 0.2) is 31.8 Å². The maximum atomic E-state index is 6.12. The van der Waals surface area contributed by atoms with E-state index in [0.717, 1.165) is 19.3 Å². The van der Waals surface area contributed by atoms with Gasteiger partial charge in [0.25, 0.3) is 0 Å². The molecule has 0 aliphatic rings. The molecule has 0 saturated heterocycles. The van der Waals surface area contributed by atoms with Gasteiger partial charge in [0.2, 0.25) is 0 Å². The second-order valence-corrected chi connectivity index (χ2v) is 7.29. The lowest BCUT2D eigenvalue weighted by molar-refractivity contribution is 0.243. The van der Waals surface area contributed by atoms with Crippen LogP contribution in [0.3, 0.4) is 0 Å². The number of nitrogens with zero attached hydrogens (tertiary/aromatic N) is 2. The van der Waals surface area contributed by atoms with Gasteiger partial charge >= 0.3 is 0 Å². The van der Waals surface area contributed by atoms with E-state index in [9.17, 15) is 0 Å². The van der Waals surface area contributed by atoms with Gasteiger partial charge in [-0.1, -0.05) is 40.9 Å². The quantitative estimate of drug-likeness (QED) is 0.669. The molecule has 1 aromatic carbocycles. The number of benzene rings is 1. The first kappa shape index (κ1) is 14.5. The fourth-order valence-corrected chi connectivity index (χ4v) is 3.85. The zero-order valence-electron chi connectivity index (χ0n) is 10.9. The molecule has 102 valence electrons. The SMILES string of the molecule is CSc1nnc(Sc2cccc(OC(C)C)c2N)s1. The third-order valence-corrected chi connectivity index (χ3v) is 5.17. The molecule has 0 aliphatic heterocycles. The summed E-state index contributed by atoms with van der Waals surface area (Å²) in [6, 6.07) is 5.78. The van der Waals surface area contributed by atoms with Crippen LogP contribution in [0.1, 0.15) is 13.8 Å². The Hall–Kier alpha value is -0.920. The summed E-state index contributed by atoms with van der Waals surface area (Å²) in [5.74, 6) is 0.717. The Bertz CT molecular complexity index is 557. The minimum absolute atomic E-state index is 0.104. The summed E-state index contributed by atoms with van der Waals surface area (Å²) in [5, 5.41) is 8.20. The van der Waals surface area contributed by atoms with Gasteiger partial charge in [0.05, 0.1) is 11.8 Å². The highest BCUT2D eigenvalue weighted by molar-refractivity contribution is 8.03. The van der Waals surface area contributed by atoms with E-state index in [2.05, 4.69) is 10.2 Å². The number of anilines is 1. The maximum absolute atomic E-state index is 6.12. The van der Waals surface area contributed by atoms with Crippen LogP contribution in [0, 0.1) is 0 Å². The van der Waals surface area contributed by atoms with Crippen molar-refractivity contribution in [2.75, 3.05) is 12.0 Å². The van der Waals surface area contributed by atoms with Gasteiger partial charge < -0.3 is 10.5 Å². The van der Waals surface area contributed by atoms with Crippen molar-refractivity contribution in [3.05, 3.63) is 18.2 Å². The number of rotatable bonds is 5. The normalized spacial score (nSPS) is 10.9. The third-order valence-electron chi connectivity index (χ3n) is 2.15. The molecule has 0 radical (unpaired) electrons. The predicted octanol–water partition coefficient (Wildman–Crippen LogP) is 3.78. The highest BCUT2D eigenvalue weighted by Crippen LogP contribution is 2.39. The summed E-state index contributed by atoms with van der Waals surface area (Å²) in [6.45, 7) is 3.96. The van der Waals surface area contributed by atoms with E-state index in [1.165, 1.54) is 11.8 Å². The Labute approximate surface area is 125 Å². The fraction of sp³-hybridized carbons (Fsp3) is 0.333. The molecule has 7 heteroatoms. The maximum Gasteiger partial charge on any atom is 0.179 e. The minimum Gasteiger partial charge on any atom is -0.489 e. The standard InChI is InChI=1S/C12H15N3OS3/c1-7(2)16-8-5-4-6-9(10(8)13)18-12-15-14-11(17-3)19-12/h4-7H,13H2,1-3H3. The lowest BCUT2D eigenvalue weighted by atomic mass is 10.3. The lowest BCUT2D eigenvalue weighted by Crippen LogP contribution is -2.07. The number of para-hydroxylation sites is 1. The van der Waals surface area contributed by atoms with E-state index in [1.807, 2.05) is 38.3 Å². The Morgan fingerprint density at radius 2 is 2.00 bits per heavy atom. The Morgan fingerprint density at radius 3 is 2.63 bits per heavy atom. The molecule has 0 unspecified atom stereocenters. The topological polar surface area (TPSA) is 61.0 Å². The first-order chi connectivity index (χ1) is 9.10. The first-order valence-corrected chi connectivity index (χ1v) is 8.56. The van der Waals surface area contributed by atoms with Crippen LogP contribution in [0.25, 0.3) is 0 Å². The first-order valence-electron chi connectivity index (χ1n) is 5.70. The fourth-order valence-electron chi connectivity index (χ4n) is 1.38. The zero-order chi connectivity index (χ0) is 13.8. The van der Waals surface area contributed by atoms with Crippen molar-refractivity contribution in [3.63, 3.8) is 0 Å². The summed E-state index contributed by atoms with van der Waals surface area (Å²) in [6.07, 6.45) is 2.09. The van der Waals surface area contributed by atoms with Crippen molar-refractivity contribution in [1.82, 2.24) is 10.2 Å². The Balaban J connectivity index is 2.20. The number of ether oxygens (including phenoxy) is 1. The van der Waals surface area contributed by atoms with Gasteiger partial charge in [-0.25, -0.2) is 0 Å². The average Bonchev–Trinajstić information content (AvgIpc) is 2.81. The minimum atomic E-state index is 0.104. The van der Waals surface area contributed by atoms with Gasteiger partial charge in [-0.2, -0.15) is 0 Å². The van der Waals surface area contributed by atoms with Crippen LogP contribution >= 0.6 is 34.9 Å². The monoisotopic (exact) mass is 313 g/mol. The van der Waals surface area contributed by atoms with Crippen LogP contribution in [0.5, 0.6) is 5.75 Å².